The van der Waals surface area contributed by atoms with Gasteiger partial charge in [-0.25, -0.2) is 0 Å². The summed E-state index contributed by atoms with van der Waals surface area (Å²) in [5.74, 6) is 0. The van der Waals surface area contributed by atoms with Gasteiger partial charge in [-0.15, -0.1) is 0 Å². The number of carbonyl (C=O) groups excluding carboxylic acids is 1. The minimum Gasteiger partial charge on any atom is -0.302 e. The van der Waals surface area contributed by atoms with E-state index < -0.39 is 5.41 Å². The zero-order chi connectivity index (χ0) is 13.6. The summed E-state index contributed by atoms with van der Waals surface area (Å²) >= 11 is 0. The second-order valence-electron chi connectivity index (χ2n) is 4.92. The van der Waals surface area contributed by atoms with Gasteiger partial charge < -0.3 is 4.79 Å². The molecule has 2 aromatic rings. The van der Waals surface area contributed by atoms with Crippen LogP contribution in [0.1, 0.15) is 24.5 Å². The molecule has 0 heterocycles. The Morgan fingerprint density at radius 1 is 0.947 bits per heavy atom. The maximum absolute atomic E-state index is 11.4. The molecule has 0 aliphatic heterocycles. The maximum atomic E-state index is 11.4. The largest absolute Gasteiger partial charge is 0.302 e. The monoisotopic (exact) mass is 250 g/mol. The summed E-state index contributed by atoms with van der Waals surface area (Å²) in [4.78, 5) is 11.4. The zero-order valence-corrected chi connectivity index (χ0v) is 11.1. The van der Waals surface area contributed by atoms with Crippen molar-refractivity contribution in [1.29, 1.82) is 0 Å². The standard InChI is InChI=1S/C18H18O/c1-18(15-19,17-12-6-3-7-13-17)14-8-11-16-9-4-2-5-10-16/h2-13,15H,14H2,1H3/b11-8+. The van der Waals surface area contributed by atoms with Crippen molar-refractivity contribution in [2.24, 2.45) is 0 Å². The Kier molecular flexibility index (Phi) is 4.30. The van der Waals surface area contributed by atoms with Crippen molar-refractivity contribution in [1.82, 2.24) is 0 Å². The van der Waals surface area contributed by atoms with E-state index in [0.717, 1.165) is 17.4 Å². The average Bonchev–Trinajstić information content (AvgIpc) is 2.49. The van der Waals surface area contributed by atoms with Crippen LogP contribution < -0.4 is 0 Å². The van der Waals surface area contributed by atoms with Crippen LogP contribution in [0.3, 0.4) is 0 Å². The molecule has 0 radical (unpaired) electrons. The lowest BCUT2D eigenvalue weighted by atomic mass is 9.81. The molecule has 1 atom stereocenters. The maximum Gasteiger partial charge on any atom is 0.130 e. The number of aldehydes is 1. The summed E-state index contributed by atoms with van der Waals surface area (Å²) in [6, 6.07) is 20.0. The van der Waals surface area contributed by atoms with Crippen LogP contribution in [-0.4, -0.2) is 6.29 Å². The predicted molar refractivity (Wildman–Crippen MR) is 80.0 cm³/mol. The van der Waals surface area contributed by atoms with E-state index in [1.54, 1.807) is 0 Å². The van der Waals surface area contributed by atoms with E-state index in [0.29, 0.717) is 6.42 Å². The van der Waals surface area contributed by atoms with Crippen molar-refractivity contribution in [3.05, 3.63) is 77.9 Å². The van der Waals surface area contributed by atoms with Crippen molar-refractivity contribution < 1.29 is 4.79 Å². The molecule has 0 amide bonds. The first-order valence-corrected chi connectivity index (χ1v) is 6.48. The molecular formula is C18H18O. The number of hydrogen-bond donors (Lipinski definition) is 0. The zero-order valence-electron chi connectivity index (χ0n) is 11.1. The molecule has 96 valence electrons. The van der Waals surface area contributed by atoms with Crippen LogP contribution in [0.25, 0.3) is 6.08 Å². The van der Waals surface area contributed by atoms with Crippen molar-refractivity contribution >= 4 is 12.4 Å². The molecule has 0 N–H and O–H groups in total. The number of hydrogen-bond acceptors (Lipinski definition) is 1. The summed E-state index contributed by atoms with van der Waals surface area (Å²) in [7, 11) is 0. The highest BCUT2D eigenvalue weighted by Gasteiger charge is 2.23. The average molecular weight is 250 g/mol. The van der Waals surface area contributed by atoms with Crippen molar-refractivity contribution in [3.8, 4) is 0 Å². The van der Waals surface area contributed by atoms with Gasteiger partial charge >= 0.3 is 0 Å². The van der Waals surface area contributed by atoms with Crippen LogP contribution in [0.2, 0.25) is 0 Å². The molecule has 0 bridgehead atoms. The van der Waals surface area contributed by atoms with E-state index in [1.807, 2.05) is 55.5 Å². The number of carbonyl (C=O) groups is 1. The van der Waals surface area contributed by atoms with Gasteiger partial charge in [-0.3, -0.25) is 0 Å². The van der Waals surface area contributed by atoms with Gasteiger partial charge in [0.1, 0.15) is 6.29 Å². The molecular weight excluding hydrogens is 232 g/mol. The Labute approximate surface area is 114 Å². The van der Waals surface area contributed by atoms with Gasteiger partial charge in [0.05, 0.1) is 5.41 Å². The van der Waals surface area contributed by atoms with E-state index >= 15 is 0 Å². The number of allylic oxidation sites excluding steroid dienone is 1. The Balaban J connectivity index is 2.12. The topological polar surface area (TPSA) is 17.1 Å². The van der Waals surface area contributed by atoms with Gasteiger partial charge in [0.2, 0.25) is 0 Å². The molecule has 0 aliphatic carbocycles. The molecule has 0 spiro atoms. The molecule has 1 nitrogen and oxygen atoms in total. The highest BCUT2D eigenvalue weighted by molar-refractivity contribution is 5.68. The minimum absolute atomic E-state index is 0.452. The highest BCUT2D eigenvalue weighted by atomic mass is 16.1. The van der Waals surface area contributed by atoms with Crippen LogP contribution >= 0.6 is 0 Å². The number of rotatable bonds is 5. The first-order valence-electron chi connectivity index (χ1n) is 6.48. The fourth-order valence-electron chi connectivity index (χ4n) is 2.06. The van der Waals surface area contributed by atoms with Crippen molar-refractivity contribution in [2.45, 2.75) is 18.8 Å². The van der Waals surface area contributed by atoms with Gasteiger partial charge in [-0.1, -0.05) is 72.8 Å². The van der Waals surface area contributed by atoms with Gasteiger partial charge in [0.15, 0.2) is 0 Å². The smallest absolute Gasteiger partial charge is 0.130 e. The Bertz CT molecular complexity index is 542. The van der Waals surface area contributed by atoms with E-state index in [2.05, 4.69) is 24.3 Å². The molecule has 1 heteroatoms. The van der Waals surface area contributed by atoms with E-state index in [9.17, 15) is 4.79 Å². The molecule has 0 aliphatic rings. The fourth-order valence-corrected chi connectivity index (χ4v) is 2.06. The van der Waals surface area contributed by atoms with E-state index in [-0.39, 0.29) is 0 Å². The minimum atomic E-state index is -0.452. The van der Waals surface area contributed by atoms with Crippen LogP contribution in [0.5, 0.6) is 0 Å². The summed E-state index contributed by atoms with van der Waals surface area (Å²) in [6.45, 7) is 1.98. The SMILES string of the molecule is CC(C=O)(C/C=C/c1ccccc1)c1ccccc1. The molecule has 2 rings (SSSR count). The third-order valence-corrected chi connectivity index (χ3v) is 3.35. The summed E-state index contributed by atoms with van der Waals surface area (Å²) < 4.78 is 0. The first-order chi connectivity index (χ1) is 9.24. The van der Waals surface area contributed by atoms with Crippen molar-refractivity contribution in [3.63, 3.8) is 0 Å². The van der Waals surface area contributed by atoms with Crippen LogP contribution in [0.15, 0.2) is 66.7 Å². The quantitative estimate of drug-likeness (QED) is 0.725. The van der Waals surface area contributed by atoms with Crippen LogP contribution in [0, 0.1) is 0 Å². The third kappa shape index (κ3) is 3.41. The van der Waals surface area contributed by atoms with Crippen LogP contribution in [0.4, 0.5) is 0 Å². The third-order valence-electron chi connectivity index (χ3n) is 3.35. The molecule has 2 aromatic carbocycles. The Morgan fingerprint density at radius 3 is 2.11 bits per heavy atom. The molecule has 0 saturated carbocycles. The molecule has 0 fully saturated rings. The molecule has 0 aromatic heterocycles. The fraction of sp³-hybridized carbons (Fsp3) is 0.167. The lowest BCUT2D eigenvalue weighted by Crippen LogP contribution is -2.22. The number of benzene rings is 2. The Hall–Kier alpha value is -2.15. The van der Waals surface area contributed by atoms with Gasteiger partial charge in [-0.05, 0) is 24.5 Å². The lowest BCUT2D eigenvalue weighted by molar-refractivity contribution is -0.112. The van der Waals surface area contributed by atoms with Gasteiger partial charge in [-0.2, -0.15) is 0 Å². The molecule has 0 saturated heterocycles. The Morgan fingerprint density at radius 2 is 1.53 bits per heavy atom. The second kappa shape index (κ2) is 6.14. The van der Waals surface area contributed by atoms with Gasteiger partial charge in [0.25, 0.3) is 0 Å². The normalized spacial score (nSPS) is 14.2. The molecule has 1 unspecified atom stereocenters. The van der Waals surface area contributed by atoms with Crippen LogP contribution in [-0.2, 0) is 10.2 Å². The predicted octanol–water partition coefficient (Wildman–Crippen LogP) is 4.25. The summed E-state index contributed by atoms with van der Waals surface area (Å²) in [5, 5.41) is 0. The van der Waals surface area contributed by atoms with E-state index in [4.69, 9.17) is 0 Å². The summed E-state index contributed by atoms with van der Waals surface area (Å²) in [5.41, 5.74) is 1.76. The van der Waals surface area contributed by atoms with E-state index in [1.165, 1.54) is 0 Å². The van der Waals surface area contributed by atoms with Gasteiger partial charge in [0, 0.05) is 0 Å². The van der Waals surface area contributed by atoms with Crippen molar-refractivity contribution in [2.75, 3.05) is 0 Å². The molecule has 19 heavy (non-hydrogen) atoms. The second-order valence-corrected chi connectivity index (χ2v) is 4.92. The summed E-state index contributed by atoms with van der Waals surface area (Å²) in [6.07, 6.45) is 5.87. The first kappa shape index (κ1) is 13.3. The lowest BCUT2D eigenvalue weighted by Gasteiger charge is -2.21. The highest BCUT2D eigenvalue weighted by Crippen LogP contribution is 2.26.